The average molecular weight is 213 g/mol. The number of ether oxygens (including phenoxy) is 1. The molecule has 2 N–H and O–H groups in total. The predicted molar refractivity (Wildman–Crippen MR) is 55.7 cm³/mol. The van der Waals surface area contributed by atoms with Crippen molar-refractivity contribution in [2.24, 2.45) is 0 Å². The van der Waals surface area contributed by atoms with E-state index in [1.807, 2.05) is 0 Å². The molecule has 76 valence electrons. The van der Waals surface area contributed by atoms with Gasteiger partial charge in [0.15, 0.2) is 6.61 Å². The first kappa shape index (κ1) is 11.0. The van der Waals surface area contributed by atoms with Crippen LogP contribution < -0.4 is 9.82 Å². The van der Waals surface area contributed by atoms with Crippen LogP contribution in [0.25, 0.3) is 0 Å². The van der Waals surface area contributed by atoms with E-state index in [-0.39, 0.29) is 19.1 Å². The van der Waals surface area contributed by atoms with Crippen molar-refractivity contribution in [3.63, 3.8) is 0 Å². The zero-order chi connectivity index (χ0) is 10.4. The van der Waals surface area contributed by atoms with Gasteiger partial charge in [-0.15, -0.1) is 0 Å². The summed E-state index contributed by atoms with van der Waals surface area (Å²) in [6, 6.07) is 6.91. The number of carbonyl (C=O) groups is 1. The minimum atomic E-state index is -0.207. The van der Waals surface area contributed by atoms with Gasteiger partial charge in [0.05, 0.1) is 6.61 Å². The van der Waals surface area contributed by atoms with Crippen molar-refractivity contribution < 1.29 is 14.6 Å². The topological polar surface area (TPSA) is 58.6 Å². The van der Waals surface area contributed by atoms with Crippen molar-refractivity contribution in [3.8, 4) is 5.75 Å². The van der Waals surface area contributed by atoms with Crippen LogP contribution in [-0.4, -0.2) is 17.6 Å². The Morgan fingerprint density at radius 2 is 2.07 bits per heavy atom. The maximum Gasteiger partial charge on any atom is 0.260 e. The second-order valence-electron chi connectivity index (χ2n) is 2.66. The normalized spacial score (nSPS) is 9.57. The highest BCUT2D eigenvalue weighted by molar-refractivity contribution is 7.15. The Morgan fingerprint density at radius 1 is 1.43 bits per heavy atom. The van der Waals surface area contributed by atoms with Gasteiger partial charge < -0.3 is 14.9 Å². The molecule has 0 saturated carbocycles. The van der Waals surface area contributed by atoms with Gasteiger partial charge in [-0.25, -0.2) is 0 Å². The van der Waals surface area contributed by atoms with Crippen molar-refractivity contribution >= 4 is 15.3 Å². The number of carbonyl (C=O) groups excluding carboxylic acids is 1. The lowest BCUT2D eigenvalue weighted by molar-refractivity contribution is -0.121. The minimum absolute atomic E-state index is 0.00632. The van der Waals surface area contributed by atoms with Gasteiger partial charge in [-0.2, -0.15) is 0 Å². The highest BCUT2D eigenvalue weighted by Crippen LogP contribution is 2.11. The quantitative estimate of drug-likeness (QED) is 0.714. The van der Waals surface area contributed by atoms with E-state index in [1.165, 1.54) is 0 Å². The lowest BCUT2D eigenvalue weighted by Crippen LogP contribution is -2.20. The molecule has 4 nitrogen and oxygen atoms in total. The maximum absolute atomic E-state index is 10.8. The van der Waals surface area contributed by atoms with E-state index in [0.717, 1.165) is 5.56 Å². The number of rotatable bonds is 4. The largest absolute Gasteiger partial charge is 0.484 e. The predicted octanol–water partition coefficient (Wildman–Crippen LogP) is 0.464. The Bertz CT molecular complexity index is 299. The molecule has 1 rings (SSSR count). The third-order valence-corrected chi connectivity index (χ3v) is 1.96. The summed E-state index contributed by atoms with van der Waals surface area (Å²) < 4.78 is 5.15. The van der Waals surface area contributed by atoms with E-state index < -0.39 is 0 Å². The standard InChI is InChI=1S/C9H12NO3P/c11-5-7-1-3-8(4-2-7)13-6-9(12)10-14/h1-4,11H,5-6,14H2,(H,10,12). The van der Waals surface area contributed by atoms with Gasteiger partial charge in [-0.05, 0) is 27.1 Å². The molecule has 0 fully saturated rings. The second-order valence-corrected chi connectivity index (χ2v) is 2.95. The lowest BCUT2D eigenvalue weighted by atomic mass is 10.2. The fourth-order valence-electron chi connectivity index (χ4n) is 0.882. The summed E-state index contributed by atoms with van der Waals surface area (Å²) >= 11 is 0. The lowest BCUT2D eigenvalue weighted by Gasteiger charge is -2.05. The summed E-state index contributed by atoms with van der Waals surface area (Å²) in [5.41, 5.74) is 0.813. The smallest absolute Gasteiger partial charge is 0.260 e. The van der Waals surface area contributed by atoms with Gasteiger partial charge in [0.25, 0.3) is 5.91 Å². The van der Waals surface area contributed by atoms with Crippen molar-refractivity contribution in [1.29, 1.82) is 0 Å². The van der Waals surface area contributed by atoms with Gasteiger partial charge in [-0.1, -0.05) is 12.1 Å². The summed E-state index contributed by atoms with van der Waals surface area (Å²) in [7, 11) is 2.11. The van der Waals surface area contributed by atoms with Crippen LogP contribution in [0.3, 0.4) is 0 Å². The third kappa shape index (κ3) is 3.32. The van der Waals surface area contributed by atoms with Crippen LogP contribution in [0.15, 0.2) is 24.3 Å². The fourth-order valence-corrected chi connectivity index (χ4v) is 0.965. The monoisotopic (exact) mass is 213 g/mol. The maximum atomic E-state index is 10.8. The van der Waals surface area contributed by atoms with Crippen molar-refractivity contribution in [1.82, 2.24) is 5.09 Å². The van der Waals surface area contributed by atoms with Crippen LogP contribution in [0.5, 0.6) is 5.75 Å². The summed E-state index contributed by atoms with van der Waals surface area (Å²) in [4.78, 5) is 10.8. The number of hydrogen-bond donors (Lipinski definition) is 2. The molecular weight excluding hydrogens is 201 g/mol. The molecule has 0 radical (unpaired) electrons. The van der Waals surface area contributed by atoms with Crippen molar-refractivity contribution in [3.05, 3.63) is 29.8 Å². The molecule has 5 heteroatoms. The number of amides is 1. The summed E-state index contributed by atoms with van der Waals surface area (Å²) in [6.45, 7) is -0.00562. The van der Waals surface area contributed by atoms with E-state index in [2.05, 4.69) is 14.5 Å². The molecular formula is C9H12NO3P. The van der Waals surface area contributed by atoms with E-state index in [1.54, 1.807) is 24.3 Å². The Balaban J connectivity index is 2.47. The minimum Gasteiger partial charge on any atom is -0.484 e. The molecule has 1 aromatic rings. The zero-order valence-corrected chi connectivity index (χ0v) is 8.72. The Kier molecular flexibility index (Phi) is 4.36. The van der Waals surface area contributed by atoms with Crippen LogP contribution >= 0.6 is 9.39 Å². The van der Waals surface area contributed by atoms with Gasteiger partial charge in [0, 0.05) is 0 Å². The highest BCUT2D eigenvalue weighted by Gasteiger charge is 1.99. The first-order chi connectivity index (χ1) is 6.76. The molecule has 0 spiro atoms. The fraction of sp³-hybridized carbons (Fsp3) is 0.222. The zero-order valence-electron chi connectivity index (χ0n) is 7.56. The summed E-state index contributed by atoms with van der Waals surface area (Å²) in [5.74, 6) is 0.400. The van der Waals surface area contributed by atoms with Gasteiger partial charge >= 0.3 is 0 Å². The Morgan fingerprint density at radius 3 is 2.57 bits per heavy atom. The van der Waals surface area contributed by atoms with E-state index in [9.17, 15) is 4.79 Å². The van der Waals surface area contributed by atoms with Crippen molar-refractivity contribution in [2.75, 3.05) is 6.61 Å². The summed E-state index contributed by atoms with van der Waals surface area (Å²) in [6.07, 6.45) is 0. The molecule has 0 aliphatic rings. The van der Waals surface area contributed by atoms with E-state index >= 15 is 0 Å². The number of hydrogen-bond acceptors (Lipinski definition) is 3. The number of benzene rings is 1. The van der Waals surface area contributed by atoms with Gasteiger partial charge in [0.2, 0.25) is 0 Å². The molecule has 1 aromatic carbocycles. The van der Waals surface area contributed by atoms with Crippen LogP contribution in [-0.2, 0) is 11.4 Å². The number of aliphatic hydroxyl groups is 1. The first-order valence-electron chi connectivity index (χ1n) is 4.08. The number of aliphatic hydroxyl groups excluding tert-OH is 1. The molecule has 0 saturated heterocycles. The molecule has 1 unspecified atom stereocenters. The molecule has 0 aliphatic heterocycles. The molecule has 14 heavy (non-hydrogen) atoms. The van der Waals surface area contributed by atoms with Crippen LogP contribution in [0.2, 0.25) is 0 Å². The van der Waals surface area contributed by atoms with Crippen LogP contribution in [0.4, 0.5) is 0 Å². The van der Waals surface area contributed by atoms with Crippen molar-refractivity contribution in [2.45, 2.75) is 6.61 Å². The molecule has 0 aromatic heterocycles. The van der Waals surface area contributed by atoms with E-state index in [0.29, 0.717) is 5.75 Å². The van der Waals surface area contributed by atoms with Crippen LogP contribution in [0.1, 0.15) is 5.56 Å². The molecule has 0 bridgehead atoms. The first-order valence-corrected chi connectivity index (χ1v) is 4.66. The average Bonchev–Trinajstić information content (AvgIpc) is 2.26. The molecule has 1 atom stereocenters. The second kappa shape index (κ2) is 5.58. The number of nitrogens with one attached hydrogen (secondary N) is 1. The summed E-state index contributed by atoms with van der Waals surface area (Å²) in [5, 5.41) is 11.1. The van der Waals surface area contributed by atoms with Gasteiger partial charge in [-0.3, -0.25) is 4.79 Å². The highest BCUT2D eigenvalue weighted by atomic mass is 31.0. The molecule has 0 heterocycles. The van der Waals surface area contributed by atoms with Crippen LogP contribution in [0, 0.1) is 0 Å². The Hall–Kier alpha value is -1.12. The Labute approximate surface area is 84.5 Å². The molecule has 0 aliphatic carbocycles. The SMILES string of the molecule is O=C(COc1ccc(CO)cc1)NP. The third-order valence-electron chi connectivity index (χ3n) is 1.64. The molecule has 1 amide bonds. The van der Waals surface area contributed by atoms with Gasteiger partial charge in [0.1, 0.15) is 5.75 Å². The van der Waals surface area contributed by atoms with E-state index in [4.69, 9.17) is 9.84 Å².